The van der Waals surface area contributed by atoms with Gasteiger partial charge in [0, 0.05) is 112 Å². The van der Waals surface area contributed by atoms with E-state index in [4.69, 9.17) is 28.3 Å². The molecule has 18 heteroatoms. The number of aliphatic hydroxyl groups excluding tert-OH is 4. The van der Waals surface area contributed by atoms with Crippen LogP contribution in [0.2, 0.25) is 0 Å². The number of ether oxygens (including phenoxy) is 4. The van der Waals surface area contributed by atoms with Gasteiger partial charge in [-0.2, -0.15) is 0 Å². The van der Waals surface area contributed by atoms with Crippen LogP contribution in [0.15, 0.2) is 62.3 Å². The van der Waals surface area contributed by atoms with Crippen LogP contribution in [0.4, 0.5) is 11.4 Å². The van der Waals surface area contributed by atoms with Crippen molar-refractivity contribution in [3.63, 3.8) is 0 Å². The minimum Gasteiger partial charge on any atom is -0.507 e. The number of aliphatic hydroxyl groups is 4. The lowest BCUT2D eigenvalue weighted by Gasteiger charge is -2.38. The summed E-state index contributed by atoms with van der Waals surface area (Å²) in [5.74, 6) is -7.00. The number of fused-ring (bicyclic) bond motifs is 2. The number of benzene rings is 3. The molecule has 3 aromatic carbocycles. The molecule has 0 saturated carbocycles. The summed E-state index contributed by atoms with van der Waals surface area (Å²) < 4.78 is 30.5. The van der Waals surface area contributed by atoms with Gasteiger partial charge < -0.3 is 59.1 Å². The summed E-state index contributed by atoms with van der Waals surface area (Å²) in [7, 11) is 1.43. The zero-order chi connectivity index (χ0) is 50.4. The first-order valence-electron chi connectivity index (χ1n) is 23.4. The quantitative estimate of drug-likeness (QED) is 0.0895. The van der Waals surface area contributed by atoms with Gasteiger partial charge in [-0.05, 0) is 18.9 Å². The number of methoxy groups -OCH3 is 1. The molecule has 18 nitrogen and oxygen atoms in total. The third kappa shape index (κ3) is 9.64. The van der Waals surface area contributed by atoms with E-state index in [1.807, 2.05) is 0 Å². The van der Waals surface area contributed by atoms with E-state index in [9.17, 15) is 44.7 Å². The van der Waals surface area contributed by atoms with E-state index in [2.05, 4.69) is 29.0 Å². The van der Waals surface area contributed by atoms with E-state index in [0.29, 0.717) is 24.7 Å². The number of piperazine rings is 1. The highest BCUT2D eigenvalue weighted by molar-refractivity contribution is 6.17. The SMILES string of the molecule is CO[C@H]1C=CO[C@@]2(C)Oc3c(C)c(O)c4c(=O)c(c5oc6cc(N7CCN(CC(C)C)CC7)cc(=O)c6nc5c4c3=C2O)NC(=O)/C(CO)=C\C=C/[C@H](C)[C@H](O)[C@@H](C)[C@@H](O)[C@@H](C)[C@H](OC(C)=O)[C@@H]1C. The number of allylic oxidation sites excluding steroid dienone is 2. The molecule has 7 rings (SSSR count). The number of aromatic hydroxyl groups is 1. The molecule has 1 aromatic heterocycles. The molecule has 6 N–H and O–H groups in total. The van der Waals surface area contributed by atoms with Gasteiger partial charge in [0.15, 0.2) is 22.4 Å². The first kappa shape index (κ1) is 50.8. The molecule has 4 aromatic rings. The van der Waals surface area contributed by atoms with Crippen molar-refractivity contribution in [2.45, 2.75) is 92.5 Å². The van der Waals surface area contributed by atoms with Crippen LogP contribution >= 0.6 is 0 Å². The number of carbonyl (C=O) groups is 2. The lowest BCUT2D eigenvalue weighted by Crippen LogP contribution is -2.47. The fraction of sp³-hybridized carbons (Fsp3) is 0.510. The number of hydrogen-bond acceptors (Lipinski definition) is 17. The van der Waals surface area contributed by atoms with E-state index in [1.54, 1.807) is 39.8 Å². The van der Waals surface area contributed by atoms with Crippen LogP contribution in [0.25, 0.3) is 38.7 Å². The van der Waals surface area contributed by atoms with Crippen molar-refractivity contribution < 1.29 is 58.5 Å². The first-order valence-corrected chi connectivity index (χ1v) is 23.4. The van der Waals surface area contributed by atoms with E-state index < -0.39 is 106 Å². The Hall–Kier alpha value is -6.05. The fourth-order valence-corrected chi connectivity index (χ4v) is 9.84. The highest BCUT2D eigenvalue weighted by atomic mass is 16.7. The molecule has 9 atom stereocenters. The molecule has 3 aliphatic heterocycles. The average Bonchev–Trinajstić information content (AvgIpc) is 3.57. The minimum atomic E-state index is -2.01. The summed E-state index contributed by atoms with van der Waals surface area (Å²) in [5.41, 5.74) is -2.19. The Kier molecular flexibility index (Phi) is 14.8. The van der Waals surface area contributed by atoms with Gasteiger partial charge in [-0.15, -0.1) is 0 Å². The fourth-order valence-electron chi connectivity index (χ4n) is 9.84. The Labute approximate surface area is 399 Å². The molecule has 0 spiro atoms. The van der Waals surface area contributed by atoms with Crippen molar-refractivity contribution in [2.24, 2.45) is 29.6 Å². The number of phenolic OH excluding ortho intramolecular Hbond substituents is 1. The summed E-state index contributed by atoms with van der Waals surface area (Å²) in [6.45, 7) is 18.2. The van der Waals surface area contributed by atoms with Crippen LogP contribution in [0, 0.1) is 36.5 Å². The Morgan fingerprint density at radius 2 is 1.67 bits per heavy atom. The smallest absolute Gasteiger partial charge is 0.307 e. The standard InChI is InChI=1S/C51H64N4O14/c1-24(2)22-54-15-17-55(18-16-54)32-20-33(58)39-35(21-32)68-48-40(52-39)36-37-44(61)29(7)47-38(36)49(63)51(9,69-47)66-19-14-34(65-10)26(4)46(67-30(8)57)28(6)43(60)27(5)42(59)25(3)12-11-13-31(23-56)50(64)53-41(48)45(37)62/h11-14,19-21,24-28,34,42-43,46,56,59-61,63H,15-18,22-23H2,1-10H3,(H,53,64)/b12-11-,19-14?,31-13-/t25-,26+,27+,28+,34-,42-,43+,46+,51-/m0/s1. The van der Waals surface area contributed by atoms with Gasteiger partial charge in [-0.25, -0.2) is 4.98 Å². The van der Waals surface area contributed by atoms with Gasteiger partial charge in [0.2, 0.25) is 10.9 Å². The summed E-state index contributed by atoms with van der Waals surface area (Å²) in [6, 6.07) is 3.10. The van der Waals surface area contributed by atoms with Crippen molar-refractivity contribution in [3.8, 4) is 11.5 Å². The topological polar surface area (TPSA) is 251 Å². The highest BCUT2D eigenvalue weighted by Crippen LogP contribution is 2.42. The van der Waals surface area contributed by atoms with Crippen molar-refractivity contribution in [2.75, 3.05) is 56.7 Å². The summed E-state index contributed by atoms with van der Waals surface area (Å²) in [4.78, 5) is 64.7. The normalized spacial score (nSPS) is 28.8. The monoisotopic (exact) mass is 956 g/mol. The molecular weight excluding hydrogens is 893 g/mol. The molecule has 1 saturated heterocycles. The number of rotatable bonds is 6. The molecule has 0 aliphatic carbocycles. The second-order valence-corrected chi connectivity index (χ2v) is 19.2. The molecule has 0 unspecified atom stereocenters. The Bertz CT molecular complexity index is 2920. The van der Waals surface area contributed by atoms with Crippen molar-refractivity contribution in [1.29, 1.82) is 0 Å². The van der Waals surface area contributed by atoms with Gasteiger partial charge in [0.05, 0.1) is 41.8 Å². The Balaban J connectivity index is 1.47. The number of carbonyl (C=O) groups excluding carboxylic acids is 2. The van der Waals surface area contributed by atoms with Gasteiger partial charge in [-0.3, -0.25) is 24.1 Å². The van der Waals surface area contributed by atoms with Crippen LogP contribution in [0.5, 0.6) is 11.5 Å². The largest absolute Gasteiger partial charge is 0.507 e. The number of nitrogens with zero attached hydrogens (tertiary/aromatic N) is 3. The van der Waals surface area contributed by atoms with Gasteiger partial charge in [0.25, 0.3) is 5.91 Å². The highest BCUT2D eigenvalue weighted by Gasteiger charge is 2.44. The number of nitrogens with one attached hydrogen (secondary N) is 1. The Morgan fingerprint density at radius 1 is 0.971 bits per heavy atom. The number of amides is 1. The molecule has 1 amide bonds. The maximum absolute atomic E-state index is 14.9. The van der Waals surface area contributed by atoms with Crippen molar-refractivity contribution in [1.82, 2.24) is 9.88 Å². The second-order valence-electron chi connectivity index (χ2n) is 19.2. The van der Waals surface area contributed by atoms with Gasteiger partial charge in [-0.1, -0.05) is 59.8 Å². The van der Waals surface area contributed by atoms with Gasteiger partial charge >= 0.3 is 11.8 Å². The predicted molar refractivity (Wildman–Crippen MR) is 260 cm³/mol. The van der Waals surface area contributed by atoms with Crippen LogP contribution in [-0.4, -0.2) is 124 Å². The number of aromatic nitrogens is 1. The molecule has 372 valence electrons. The summed E-state index contributed by atoms with van der Waals surface area (Å²) >= 11 is 0. The molecule has 4 bridgehead atoms. The van der Waals surface area contributed by atoms with Crippen molar-refractivity contribution in [3.05, 3.63) is 79.5 Å². The molecule has 1 fully saturated rings. The zero-order valence-electron chi connectivity index (χ0n) is 40.7. The van der Waals surface area contributed by atoms with Crippen LogP contribution in [-0.2, 0) is 23.8 Å². The second kappa shape index (κ2) is 20.1. The molecule has 4 heterocycles. The summed E-state index contributed by atoms with van der Waals surface area (Å²) in [5, 5.41) is 59.6. The van der Waals surface area contributed by atoms with Gasteiger partial charge in [0.1, 0.15) is 28.8 Å². The average molecular weight is 957 g/mol. The Morgan fingerprint density at radius 3 is 2.30 bits per heavy atom. The van der Waals surface area contributed by atoms with E-state index in [-0.39, 0.29) is 49.7 Å². The summed E-state index contributed by atoms with van der Waals surface area (Å²) in [6.07, 6.45) is 2.97. The molecule has 69 heavy (non-hydrogen) atoms. The predicted octanol–water partition coefficient (Wildman–Crippen LogP) is 4.31. The maximum atomic E-state index is 14.9. The van der Waals surface area contributed by atoms with Crippen LogP contribution in [0.1, 0.15) is 61.0 Å². The molecule has 3 aliphatic rings. The van der Waals surface area contributed by atoms with E-state index >= 15 is 0 Å². The molecular formula is C51H64N4O14. The van der Waals surface area contributed by atoms with E-state index in [1.165, 1.54) is 58.4 Å². The van der Waals surface area contributed by atoms with E-state index in [0.717, 1.165) is 19.6 Å². The molecule has 0 radical (unpaired) electrons. The van der Waals surface area contributed by atoms with Crippen LogP contribution < -0.4 is 31.0 Å². The lowest BCUT2D eigenvalue weighted by molar-refractivity contribution is -0.160. The maximum Gasteiger partial charge on any atom is 0.307 e. The minimum absolute atomic E-state index is 0.00670. The number of hydrogen-bond donors (Lipinski definition) is 6. The lowest BCUT2D eigenvalue weighted by atomic mass is 9.78. The van der Waals surface area contributed by atoms with Crippen molar-refractivity contribution >= 4 is 62.0 Å². The van der Waals surface area contributed by atoms with Crippen LogP contribution in [0.3, 0.4) is 0 Å². The zero-order valence-corrected chi connectivity index (χ0v) is 40.7. The number of esters is 1. The number of phenols is 1. The number of anilines is 2. The third-order valence-corrected chi connectivity index (χ3v) is 13.8. The third-order valence-electron chi connectivity index (χ3n) is 13.8. The first-order chi connectivity index (χ1) is 32.6.